The normalized spacial score (nSPS) is 33.9. The topological polar surface area (TPSA) is 78.9 Å². The minimum Gasteiger partial charge on any atom is -0.468 e. The van der Waals surface area contributed by atoms with Gasteiger partial charge in [-0.1, -0.05) is 13.3 Å². The van der Waals surface area contributed by atoms with Gasteiger partial charge in [0, 0.05) is 0 Å². The molecular formula is C12H16O6. The lowest BCUT2D eigenvalue weighted by Crippen LogP contribution is -2.31. The number of hydrogen-bond acceptors (Lipinski definition) is 6. The van der Waals surface area contributed by atoms with Crippen molar-refractivity contribution in [2.45, 2.75) is 38.4 Å². The Morgan fingerprint density at radius 1 is 1.28 bits per heavy atom. The number of rotatable bonds is 4. The number of unbranched alkanes of at least 4 members (excludes halogenated alkanes) is 1. The molecule has 0 N–H and O–H groups in total. The number of fused-ring (bicyclic) bond motifs is 1. The lowest BCUT2D eigenvalue weighted by Gasteiger charge is -2.14. The molecule has 4 unspecified atom stereocenters. The second kappa shape index (κ2) is 4.96. The summed E-state index contributed by atoms with van der Waals surface area (Å²) in [6, 6.07) is 0. The molecule has 0 saturated carbocycles. The third-order valence-electron chi connectivity index (χ3n) is 3.42. The van der Waals surface area contributed by atoms with E-state index in [4.69, 9.17) is 9.47 Å². The summed E-state index contributed by atoms with van der Waals surface area (Å²) in [5.41, 5.74) is 0. The van der Waals surface area contributed by atoms with Gasteiger partial charge in [-0.25, -0.2) is 0 Å². The predicted octanol–water partition coefficient (Wildman–Crippen LogP) is 0.433. The van der Waals surface area contributed by atoms with E-state index >= 15 is 0 Å². The lowest BCUT2D eigenvalue weighted by atomic mass is 9.89. The van der Waals surface area contributed by atoms with E-state index in [9.17, 15) is 14.4 Å². The Hall–Kier alpha value is -1.59. The van der Waals surface area contributed by atoms with Crippen molar-refractivity contribution in [2.24, 2.45) is 11.8 Å². The maximum absolute atomic E-state index is 11.7. The van der Waals surface area contributed by atoms with Crippen molar-refractivity contribution in [1.82, 2.24) is 0 Å². The summed E-state index contributed by atoms with van der Waals surface area (Å²) in [5, 5.41) is 0. The molecule has 2 fully saturated rings. The Bertz CT molecular complexity index is 377. The van der Waals surface area contributed by atoms with E-state index in [1.165, 1.54) is 7.11 Å². The number of esters is 3. The van der Waals surface area contributed by atoms with E-state index in [0.29, 0.717) is 6.42 Å². The Balaban J connectivity index is 2.15. The Morgan fingerprint density at radius 2 is 2.00 bits per heavy atom. The van der Waals surface area contributed by atoms with Crippen LogP contribution in [-0.4, -0.2) is 37.2 Å². The molecule has 0 aromatic rings. The van der Waals surface area contributed by atoms with Gasteiger partial charge < -0.3 is 14.2 Å². The molecule has 0 spiro atoms. The SMILES string of the molecule is CCCCC1OC(=O)C2C(C(=O)OC)C(=O)OC12. The van der Waals surface area contributed by atoms with E-state index in [1.54, 1.807) is 0 Å². The van der Waals surface area contributed by atoms with Gasteiger partial charge in [-0.05, 0) is 12.8 Å². The molecule has 0 aromatic heterocycles. The molecule has 0 bridgehead atoms. The van der Waals surface area contributed by atoms with E-state index in [2.05, 4.69) is 4.74 Å². The number of carbonyl (C=O) groups excluding carboxylic acids is 3. The van der Waals surface area contributed by atoms with Gasteiger partial charge in [0.25, 0.3) is 0 Å². The zero-order valence-corrected chi connectivity index (χ0v) is 10.4. The first-order chi connectivity index (χ1) is 8.60. The van der Waals surface area contributed by atoms with Crippen LogP contribution in [0.1, 0.15) is 26.2 Å². The van der Waals surface area contributed by atoms with Crippen LogP contribution in [0, 0.1) is 11.8 Å². The van der Waals surface area contributed by atoms with Crippen LogP contribution in [0.5, 0.6) is 0 Å². The zero-order valence-electron chi connectivity index (χ0n) is 10.4. The Kier molecular flexibility index (Phi) is 3.54. The van der Waals surface area contributed by atoms with Crippen LogP contribution in [0.2, 0.25) is 0 Å². The van der Waals surface area contributed by atoms with Crippen LogP contribution in [0.15, 0.2) is 0 Å². The molecular weight excluding hydrogens is 240 g/mol. The highest BCUT2D eigenvalue weighted by atomic mass is 16.6. The Labute approximate surface area is 105 Å². The molecule has 0 radical (unpaired) electrons. The lowest BCUT2D eigenvalue weighted by molar-refractivity contribution is -0.163. The van der Waals surface area contributed by atoms with Gasteiger partial charge >= 0.3 is 17.9 Å². The minimum atomic E-state index is -1.17. The fraction of sp³-hybridized carbons (Fsp3) is 0.750. The first kappa shape index (κ1) is 12.9. The van der Waals surface area contributed by atoms with Gasteiger partial charge in [0.2, 0.25) is 0 Å². The smallest absolute Gasteiger partial charge is 0.321 e. The minimum absolute atomic E-state index is 0.430. The third-order valence-corrected chi connectivity index (χ3v) is 3.42. The predicted molar refractivity (Wildman–Crippen MR) is 58.3 cm³/mol. The monoisotopic (exact) mass is 256 g/mol. The molecule has 0 amide bonds. The summed E-state index contributed by atoms with van der Waals surface area (Å²) in [4.78, 5) is 34.9. The van der Waals surface area contributed by atoms with Crippen LogP contribution in [0.25, 0.3) is 0 Å². The number of carbonyl (C=O) groups is 3. The summed E-state index contributed by atoms with van der Waals surface area (Å²) in [7, 11) is 1.18. The summed E-state index contributed by atoms with van der Waals surface area (Å²) >= 11 is 0. The summed E-state index contributed by atoms with van der Waals surface area (Å²) in [6.45, 7) is 2.02. The molecule has 2 rings (SSSR count). The largest absolute Gasteiger partial charge is 0.468 e. The van der Waals surface area contributed by atoms with Crippen molar-refractivity contribution in [2.75, 3.05) is 7.11 Å². The van der Waals surface area contributed by atoms with Gasteiger partial charge in [0.1, 0.15) is 12.0 Å². The molecule has 6 heteroatoms. The zero-order chi connectivity index (χ0) is 13.3. The van der Waals surface area contributed by atoms with Crippen LogP contribution in [-0.2, 0) is 28.6 Å². The summed E-state index contributed by atoms with van der Waals surface area (Å²) < 4.78 is 14.8. The van der Waals surface area contributed by atoms with Gasteiger partial charge in [0.05, 0.1) is 7.11 Å². The molecule has 0 aromatic carbocycles. The molecule has 18 heavy (non-hydrogen) atoms. The number of hydrogen-bond donors (Lipinski definition) is 0. The van der Waals surface area contributed by atoms with E-state index in [0.717, 1.165) is 12.8 Å². The molecule has 4 atom stereocenters. The van der Waals surface area contributed by atoms with Crippen LogP contribution in [0.4, 0.5) is 0 Å². The Morgan fingerprint density at radius 3 is 2.61 bits per heavy atom. The maximum Gasteiger partial charge on any atom is 0.321 e. The average molecular weight is 256 g/mol. The third kappa shape index (κ3) is 1.95. The van der Waals surface area contributed by atoms with Crippen molar-refractivity contribution >= 4 is 17.9 Å². The highest BCUT2D eigenvalue weighted by molar-refractivity contribution is 6.02. The van der Waals surface area contributed by atoms with Gasteiger partial charge in [0.15, 0.2) is 12.0 Å². The highest BCUT2D eigenvalue weighted by Crippen LogP contribution is 2.39. The summed E-state index contributed by atoms with van der Waals surface area (Å²) in [6.07, 6.45) is 1.41. The molecule has 2 heterocycles. The van der Waals surface area contributed by atoms with E-state index in [1.807, 2.05) is 6.92 Å². The van der Waals surface area contributed by atoms with Gasteiger partial charge in [-0.3, -0.25) is 14.4 Å². The van der Waals surface area contributed by atoms with Crippen LogP contribution in [0.3, 0.4) is 0 Å². The first-order valence-corrected chi connectivity index (χ1v) is 6.09. The van der Waals surface area contributed by atoms with Gasteiger partial charge in [-0.2, -0.15) is 0 Å². The average Bonchev–Trinajstić information content (AvgIpc) is 2.83. The molecule has 6 nitrogen and oxygen atoms in total. The van der Waals surface area contributed by atoms with Crippen molar-refractivity contribution in [1.29, 1.82) is 0 Å². The molecule has 2 aliphatic rings. The number of cyclic esters (lactones) is 1. The standard InChI is InChI=1S/C12H16O6/c1-3-4-5-6-9-7(11(14)17-6)8(10(13)16-2)12(15)18-9/h6-9H,3-5H2,1-2H3. The van der Waals surface area contributed by atoms with E-state index in [-0.39, 0.29) is 0 Å². The molecule has 2 saturated heterocycles. The second-order valence-electron chi connectivity index (χ2n) is 4.55. The second-order valence-corrected chi connectivity index (χ2v) is 4.55. The van der Waals surface area contributed by atoms with Crippen LogP contribution >= 0.6 is 0 Å². The molecule has 0 aliphatic carbocycles. The first-order valence-electron chi connectivity index (χ1n) is 6.09. The fourth-order valence-electron chi connectivity index (χ4n) is 2.49. The summed E-state index contributed by atoms with van der Waals surface area (Å²) in [5.74, 6) is -3.97. The number of ether oxygens (including phenoxy) is 3. The molecule has 100 valence electrons. The van der Waals surface area contributed by atoms with Crippen LogP contribution < -0.4 is 0 Å². The fourth-order valence-corrected chi connectivity index (χ4v) is 2.49. The quantitative estimate of drug-likeness (QED) is 0.412. The number of methoxy groups -OCH3 is 1. The van der Waals surface area contributed by atoms with E-state index < -0.39 is 42.0 Å². The highest BCUT2D eigenvalue weighted by Gasteiger charge is 2.61. The maximum atomic E-state index is 11.7. The van der Waals surface area contributed by atoms with Crippen molar-refractivity contribution in [3.63, 3.8) is 0 Å². The van der Waals surface area contributed by atoms with Crippen molar-refractivity contribution in [3.8, 4) is 0 Å². The van der Waals surface area contributed by atoms with Gasteiger partial charge in [-0.15, -0.1) is 0 Å². The molecule has 2 aliphatic heterocycles. The van der Waals surface area contributed by atoms with Crippen molar-refractivity contribution < 1.29 is 28.6 Å². The van der Waals surface area contributed by atoms with Crippen molar-refractivity contribution in [3.05, 3.63) is 0 Å².